The maximum Gasteiger partial charge on any atom is 0.239 e. The van der Waals surface area contributed by atoms with Crippen LogP contribution >= 0.6 is 0 Å². The second-order valence-electron chi connectivity index (χ2n) is 7.71. The lowest BCUT2D eigenvalue weighted by atomic mass is 10.1. The second kappa shape index (κ2) is 8.74. The number of halogens is 1. The molecule has 1 atom stereocenters. The summed E-state index contributed by atoms with van der Waals surface area (Å²) in [7, 11) is 0. The average Bonchev–Trinajstić information content (AvgIpc) is 2.97. The van der Waals surface area contributed by atoms with Gasteiger partial charge in [0.05, 0.1) is 0 Å². The van der Waals surface area contributed by atoms with Crippen molar-refractivity contribution in [3.8, 4) is 0 Å². The molecule has 5 nitrogen and oxygen atoms in total. The molecule has 4 rings (SSSR count). The van der Waals surface area contributed by atoms with Crippen molar-refractivity contribution in [3.63, 3.8) is 0 Å². The average molecular weight is 395 g/mol. The zero-order valence-corrected chi connectivity index (χ0v) is 16.5. The first-order valence-electron chi connectivity index (χ1n) is 10.2. The van der Waals surface area contributed by atoms with Gasteiger partial charge in [0, 0.05) is 50.5 Å². The van der Waals surface area contributed by atoms with E-state index in [1.807, 2.05) is 41.3 Å². The molecule has 0 aromatic heterocycles. The molecule has 0 saturated carbocycles. The Labute approximate surface area is 170 Å². The fourth-order valence-electron chi connectivity index (χ4n) is 4.21. The van der Waals surface area contributed by atoms with E-state index in [2.05, 4.69) is 4.90 Å². The lowest BCUT2D eigenvalue weighted by Crippen LogP contribution is -2.42. The molecule has 0 bridgehead atoms. The summed E-state index contributed by atoms with van der Waals surface area (Å²) in [4.78, 5) is 31.6. The van der Waals surface area contributed by atoms with Crippen LogP contribution in [0.25, 0.3) is 0 Å². The highest BCUT2D eigenvalue weighted by Gasteiger charge is 2.39. The number of para-hydroxylation sites is 1. The highest BCUT2D eigenvalue weighted by molar-refractivity contribution is 6.09. The minimum absolute atomic E-state index is 0.0684. The van der Waals surface area contributed by atoms with E-state index in [1.165, 1.54) is 6.07 Å². The summed E-state index contributed by atoms with van der Waals surface area (Å²) in [6, 6.07) is 16.3. The molecule has 0 N–H and O–H groups in total. The lowest BCUT2D eigenvalue weighted by molar-refractivity contribution is -0.139. The molecule has 152 valence electrons. The van der Waals surface area contributed by atoms with Crippen LogP contribution in [0.5, 0.6) is 0 Å². The molecule has 2 aromatic carbocycles. The van der Waals surface area contributed by atoms with Crippen molar-refractivity contribution in [3.05, 3.63) is 66.0 Å². The van der Waals surface area contributed by atoms with Crippen LogP contribution in [0, 0.1) is 11.7 Å². The zero-order chi connectivity index (χ0) is 20.2. The van der Waals surface area contributed by atoms with Crippen molar-refractivity contribution in [2.75, 3.05) is 37.6 Å². The van der Waals surface area contributed by atoms with Gasteiger partial charge in [0.2, 0.25) is 11.8 Å². The van der Waals surface area contributed by atoms with Crippen molar-refractivity contribution < 1.29 is 14.0 Å². The van der Waals surface area contributed by atoms with Crippen molar-refractivity contribution in [2.45, 2.75) is 19.4 Å². The predicted molar refractivity (Wildman–Crippen MR) is 110 cm³/mol. The third kappa shape index (κ3) is 4.32. The molecule has 2 aromatic rings. The van der Waals surface area contributed by atoms with Gasteiger partial charge in [-0.05, 0) is 31.0 Å². The molecule has 0 radical (unpaired) electrons. The molecule has 2 heterocycles. The van der Waals surface area contributed by atoms with Crippen LogP contribution < -0.4 is 4.90 Å². The van der Waals surface area contributed by atoms with E-state index < -0.39 is 5.92 Å². The zero-order valence-electron chi connectivity index (χ0n) is 16.5. The number of amides is 2. The molecular formula is C23H26FN3O2. The molecule has 1 unspecified atom stereocenters. The van der Waals surface area contributed by atoms with Crippen molar-refractivity contribution in [1.82, 2.24) is 9.80 Å². The molecular weight excluding hydrogens is 369 g/mol. The van der Waals surface area contributed by atoms with Crippen molar-refractivity contribution in [1.29, 1.82) is 0 Å². The quantitative estimate of drug-likeness (QED) is 0.748. The maximum atomic E-state index is 13.9. The highest BCUT2D eigenvalue weighted by Crippen LogP contribution is 2.26. The lowest BCUT2D eigenvalue weighted by Gasteiger charge is -2.24. The fraction of sp³-hybridized carbons (Fsp3) is 0.391. The highest BCUT2D eigenvalue weighted by atomic mass is 19.1. The van der Waals surface area contributed by atoms with Crippen LogP contribution in [0.4, 0.5) is 10.1 Å². The molecule has 2 amide bonds. The Hall–Kier alpha value is -2.73. The molecule has 29 heavy (non-hydrogen) atoms. The molecule has 2 saturated heterocycles. The summed E-state index contributed by atoms with van der Waals surface area (Å²) >= 11 is 0. The van der Waals surface area contributed by atoms with Gasteiger partial charge in [-0.1, -0.05) is 36.4 Å². The van der Waals surface area contributed by atoms with Gasteiger partial charge in [-0.15, -0.1) is 0 Å². The monoisotopic (exact) mass is 395 g/mol. The minimum atomic E-state index is -0.590. The van der Waals surface area contributed by atoms with Crippen LogP contribution in [0.1, 0.15) is 18.4 Å². The Morgan fingerprint density at radius 3 is 2.48 bits per heavy atom. The Morgan fingerprint density at radius 1 is 0.931 bits per heavy atom. The minimum Gasteiger partial charge on any atom is -0.341 e. The van der Waals surface area contributed by atoms with Crippen LogP contribution in [-0.2, 0) is 16.1 Å². The molecule has 2 aliphatic heterocycles. The largest absolute Gasteiger partial charge is 0.341 e. The van der Waals surface area contributed by atoms with E-state index in [1.54, 1.807) is 17.0 Å². The normalized spacial score (nSPS) is 20.7. The summed E-state index contributed by atoms with van der Waals surface area (Å²) in [5, 5.41) is 0. The number of anilines is 1. The SMILES string of the molecule is O=C(C1CCN(c2ccccc2)C1=O)N1CCCN(Cc2ccccc2F)CC1. The van der Waals surface area contributed by atoms with Gasteiger partial charge in [0.1, 0.15) is 11.7 Å². The fourth-order valence-corrected chi connectivity index (χ4v) is 4.21. The maximum absolute atomic E-state index is 13.9. The summed E-state index contributed by atoms with van der Waals surface area (Å²) in [6.07, 6.45) is 1.38. The molecule has 2 aliphatic rings. The Balaban J connectivity index is 1.36. The molecule has 0 spiro atoms. The second-order valence-corrected chi connectivity index (χ2v) is 7.71. The number of hydrogen-bond acceptors (Lipinski definition) is 3. The summed E-state index contributed by atoms with van der Waals surface area (Å²) < 4.78 is 13.9. The summed E-state index contributed by atoms with van der Waals surface area (Å²) in [5.41, 5.74) is 1.52. The third-order valence-corrected chi connectivity index (χ3v) is 5.82. The van der Waals surface area contributed by atoms with Crippen LogP contribution in [0.2, 0.25) is 0 Å². The Morgan fingerprint density at radius 2 is 1.69 bits per heavy atom. The predicted octanol–water partition coefficient (Wildman–Crippen LogP) is 2.91. The van der Waals surface area contributed by atoms with Gasteiger partial charge in [0.25, 0.3) is 0 Å². The van der Waals surface area contributed by atoms with E-state index in [0.717, 1.165) is 18.7 Å². The molecule has 2 fully saturated rings. The van der Waals surface area contributed by atoms with Gasteiger partial charge in [-0.2, -0.15) is 0 Å². The van der Waals surface area contributed by atoms with E-state index in [-0.39, 0.29) is 17.6 Å². The number of benzene rings is 2. The van der Waals surface area contributed by atoms with Gasteiger partial charge in [-0.25, -0.2) is 4.39 Å². The van der Waals surface area contributed by atoms with Crippen LogP contribution in [0.15, 0.2) is 54.6 Å². The van der Waals surface area contributed by atoms with E-state index >= 15 is 0 Å². The van der Waals surface area contributed by atoms with Crippen molar-refractivity contribution in [2.24, 2.45) is 5.92 Å². The number of nitrogens with zero attached hydrogens (tertiary/aromatic N) is 3. The molecule has 6 heteroatoms. The molecule has 0 aliphatic carbocycles. The number of carbonyl (C=O) groups is 2. The van der Waals surface area contributed by atoms with E-state index in [0.29, 0.717) is 44.7 Å². The standard InChI is InChI=1S/C23H26FN3O2/c24-21-10-5-4-7-18(21)17-25-12-6-13-26(16-15-25)22(28)20-11-14-27(23(20)29)19-8-2-1-3-9-19/h1-5,7-10,20H,6,11-17H2. The Bertz CT molecular complexity index is 873. The van der Waals surface area contributed by atoms with E-state index in [9.17, 15) is 14.0 Å². The van der Waals surface area contributed by atoms with Gasteiger partial charge < -0.3 is 9.80 Å². The number of hydrogen-bond donors (Lipinski definition) is 0. The smallest absolute Gasteiger partial charge is 0.239 e. The van der Waals surface area contributed by atoms with Gasteiger partial charge in [0.15, 0.2) is 0 Å². The van der Waals surface area contributed by atoms with Gasteiger partial charge in [-0.3, -0.25) is 14.5 Å². The van der Waals surface area contributed by atoms with Crippen molar-refractivity contribution >= 4 is 17.5 Å². The van der Waals surface area contributed by atoms with E-state index in [4.69, 9.17) is 0 Å². The summed E-state index contributed by atoms with van der Waals surface area (Å²) in [6.45, 7) is 3.83. The first kappa shape index (κ1) is 19.6. The summed E-state index contributed by atoms with van der Waals surface area (Å²) in [5.74, 6) is -0.953. The van der Waals surface area contributed by atoms with Crippen LogP contribution in [0.3, 0.4) is 0 Å². The first-order valence-corrected chi connectivity index (χ1v) is 10.2. The van der Waals surface area contributed by atoms with Gasteiger partial charge >= 0.3 is 0 Å². The first-order chi connectivity index (χ1) is 14.1. The van der Waals surface area contributed by atoms with Crippen LogP contribution in [-0.4, -0.2) is 54.3 Å². The number of rotatable bonds is 4. The number of carbonyl (C=O) groups excluding carboxylic acids is 2. The Kier molecular flexibility index (Phi) is 5.90. The topological polar surface area (TPSA) is 43.9 Å². The third-order valence-electron chi connectivity index (χ3n) is 5.82.